The van der Waals surface area contributed by atoms with Crippen LogP contribution in [0.15, 0.2) is 27.6 Å². The second-order valence-corrected chi connectivity index (χ2v) is 6.58. The molecule has 1 aromatic carbocycles. The highest BCUT2D eigenvalue weighted by Gasteiger charge is 2.27. The van der Waals surface area contributed by atoms with Crippen LogP contribution in [-0.4, -0.2) is 39.5 Å². The third kappa shape index (κ3) is 6.30. The number of alkyl halides is 3. The van der Waals surface area contributed by atoms with Crippen LogP contribution in [-0.2, 0) is 21.4 Å². The molecular formula is C11H13BrF3NO4S. The van der Waals surface area contributed by atoms with Gasteiger partial charge in [-0.1, -0.05) is 6.07 Å². The molecule has 0 heterocycles. The average Bonchev–Trinajstić information content (AvgIpc) is 2.37. The molecule has 0 radical (unpaired) electrons. The molecule has 0 aliphatic carbocycles. The lowest BCUT2D eigenvalue weighted by Crippen LogP contribution is -2.29. The molecule has 0 amide bonds. The number of aliphatic hydroxyl groups is 1. The number of hydrogen-bond donors (Lipinski definition) is 2. The van der Waals surface area contributed by atoms with E-state index in [9.17, 15) is 21.6 Å². The highest BCUT2D eigenvalue weighted by atomic mass is 79.9. The summed E-state index contributed by atoms with van der Waals surface area (Å²) in [6, 6.07) is 4.26. The van der Waals surface area contributed by atoms with Crippen molar-refractivity contribution >= 4 is 26.0 Å². The average molecular weight is 392 g/mol. The van der Waals surface area contributed by atoms with Crippen LogP contribution in [0.2, 0.25) is 0 Å². The van der Waals surface area contributed by atoms with E-state index < -0.39 is 29.4 Å². The molecule has 0 atom stereocenters. The molecule has 0 fully saturated rings. The minimum atomic E-state index is -4.45. The molecule has 0 aromatic heterocycles. The number of aliphatic hydroxyl groups excluding tert-OH is 1. The first kappa shape index (κ1) is 18.4. The summed E-state index contributed by atoms with van der Waals surface area (Å²) in [6.45, 7) is -2.47. The lowest BCUT2D eigenvalue weighted by molar-refractivity contribution is -0.173. The van der Waals surface area contributed by atoms with Crippen LogP contribution in [0, 0.1) is 0 Å². The molecule has 21 heavy (non-hydrogen) atoms. The summed E-state index contributed by atoms with van der Waals surface area (Å²) in [6.07, 6.45) is -4.45. The summed E-state index contributed by atoms with van der Waals surface area (Å²) >= 11 is 3.06. The van der Waals surface area contributed by atoms with E-state index in [0.717, 1.165) is 0 Å². The summed E-state index contributed by atoms with van der Waals surface area (Å²) in [5, 5.41) is 8.98. The Morgan fingerprint density at radius 3 is 2.57 bits per heavy atom. The molecule has 1 aromatic rings. The molecule has 10 heteroatoms. The van der Waals surface area contributed by atoms with Gasteiger partial charge in [0.1, 0.15) is 6.61 Å². The molecule has 0 bridgehead atoms. The van der Waals surface area contributed by atoms with Gasteiger partial charge in [0.05, 0.1) is 18.1 Å². The minimum Gasteiger partial charge on any atom is -0.392 e. The van der Waals surface area contributed by atoms with Gasteiger partial charge in [-0.25, -0.2) is 13.1 Å². The number of halogens is 4. The van der Waals surface area contributed by atoms with E-state index in [-0.39, 0.29) is 22.5 Å². The summed E-state index contributed by atoms with van der Waals surface area (Å²) in [4.78, 5) is -0.107. The van der Waals surface area contributed by atoms with Crippen LogP contribution >= 0.6 is 15.9 Å². The van der Waals surface area contributed by atoms with Gasteiger partial charge in [0, 0.05) is 11.0 Å². The highest BCUT2D eigenvalue weighted by Crippen LogP contribution is 2.23. The van der Waals surface area contributed by atoms with E-state index >= 15 is 0 Å². The summed E-state index contributed by atoms with van der Waals surface area (Å²) < 4.78 is 66.1. The quantitative estimate of drug-likeness (QED) is 0.694. The van der Waals surface area contributed by atoms with Crippen molar-refractivity contribution < 1.29 is 31.4 Å². The van der Waals surface area contributed by atoms with Gasteiger partial charge < -0.3 is 9.84 Å². The SMILES string of the molecule is O=S(=O)(NCCOCC(F)(F)F)c1cc(CO)ccc1Br. The smallest absolute Gasteiger partial charge is 0.392 e. The second-order valence-electron chi connectivity index (χ2n) is 3.99. The first-order chi connectivity index (χ1) is 9.65. The van der Waals surface area contributed by atoms with Crippen LogP contribution in [0.4, 0.5) is 13.2 Å². The molecule has 0 spiro atoms. The maximum absolute atomic E-state index is 12.0. The monoisotopic (exact) mass is 391 g/mol. The molecule has 0 aliphatic rings. The number of sulfonamides is 1. The topological polar surface area (TPSA) is 75.6 Å². The van der Waals surface area contributed by atoms with E-state index in [1.54, 1.807) is 0 Å². The van der Waals surface area contributed by atoms with Crippen LogP contribution in [0.3, 0.4) is 0 Å². The lowest BCUT2D eigenvalue weighted by Gasteiger charge is -2.11. The summed E-state index contributed by atoms with van der Waals surface area (Å²) in [7, 11) is -3.91. The number of ether oxygens (including phenoxy) is 1. The van der Waals surface area contributed by atoms with Crippen molar-refractivity contribution in [3.63, 3.8) is 0 Å². The maximum Gasteiger partial charge on any atom is 0.411 e. The Kier molecular flexibility index (Phi) is 6.60. The third-order valence-electron chi connectivity index (χ3n) is 2.27. The van der Waals surface area contributed by atoms with Gasteiger partial charge in [0.25, 0.3) is 0 Å². The lowest BCUT2D eigenvalue weighted by atomic mass is 10.2. The van der Waals surface area contributed by atoms with Crippen molar-refractivity contribution in [2.45, 2.75) is 17.7 Å². The molecule has 0 aliphatic heterocycles. The van der Waals surface area contributed by atoms with E-state index in [1.807, 2.05) is 0 Å². The van der Waals surface area contributed by atoms with Crippen molar-refractivity contribution in [3.05, 3.63) is 28.2 Å². The predicted molar refractivity (Wildman–Crippen MR) is 72.1 cm³/mol. The van der Waals surface area contributed by atoms with Crippen molar-refractivity contribution in [3.8, 4) is 0 Å². The van der Waals surface area contributed by atoms with Crippen molar-refractivity contribution in [1.82, 2.24) is 4.72 Å². The maximum atomic E-state index is 12.0. The predicted octanol–water partition coefficient (Wildman–Crippen LogP) is 1.80. The fraction of sp³-hybridized carbons (Fsp3) is 0.455. The van der Waals surface area contributed by atoms with Crippen LogP contribution < -0.4 is 4.72 Å². The van der Waals surface area contributed by atoms with Crippen LogP contribution in [0.5, 0.6) is 0 Å². The zero-order chi connectivity index (χ0) is 16.1. The zero-order valence-electron chi connectivity index (χ0n) is 10.7. The first-order valence-electron chi connectivity index (χ1n) is 5.69. The van der Waals surface area contributed by atoms with Crippen molar-refractivity contribution in [2.24, 2.45) is 0 Å². The van der Waals surface area contributed by atoms with E-state index in [1.165, 1.54) is 18.2 Å². The Hall–Kier alpha value is -0.680. The Balaban J connectivity index is 2.62. The van der Waals surface area contributed by atoms with Crippen molar-refractivity contribution in [2.75, 3.05) is 19.8 Å². The molecule has 0 saturated heterocycles. The number of rotatable bonds is 7. The van der Waals surface area contributed by atoms with Crippen LogP contribution in [0.25, 0.3) is 0 Å². The Bertz CT molecular complexity index is 577. The van der Waals surface area contributed by atoms with Gasteiger partial charge in [-0.15, -0.1) is 0 Å². The molecular weight excluding hydrogens is 379 g/mol. The Morgan fingerprint density at radius 1 is 1.33 bits per heavy atom. The summed E-state index contributed by atoms with van der Waals surface area (Å²) in [5.41, 5.74) is 0.395. The van der Waals surface area contributed by atoms with E-state index in [4.69, 9.17) is 5.11 Å². The molecule has 120 valence electrons. The van der Waals surface area contributed by atoms with E-state index in [0.29, 0.717) is 5.56 Å². The minimum absolute atomic E-state index is 0.107. The molecule has 5 nitrogen and oxygen atoms in total. The fourth-order valence-corrected chi connectivity index (χ4v) is 3.39. The van der Waals surface area contributed by atoms with Gasteiger partial charge in [-0.3, -0.25) is 0 Å². The number of benzene rings is 1. The molecule has 2 N–H and O–H groups in total. The largest absolute Gasteiger partial charge is 0.411 e. The van der Waals surface area contributed by atoms with Crippen molar-refractivity contribution in [1.29, 1.82) is 0 Å². The second kappa shape index (κ2) is 7.54. The van der Waals surface area contributed by atoms with Gasteiger partial charge in [-0.2, -0.15) is 13.2 Å². The first-order valence-corrected chi connectivity index (χ1v) is 7.97. The molecule has 0 saturated carbocycles. The molecule has 1 rings (SSSR count). The third-order valence-corrected chi connectivity index (χ3v) is 4.73. The highest BCUT2D eigenvalue weighted by molar-refractivity contribution is 9.10. The van der Waals surface area contributed by atoms with Gasteiger partial charge in [0.15, 0.2) is 0 Å². The van der Waals surface area contributed by atoms with Crippen LogP contribution in [0.1, 0.15) is 5.56 Å². The van der Waals surface area contributed by atoms with Gasteiger partial charge in [-0.05, 0) is 33.6 Å². The number of nitrogens with one attached hydrogen (secondary N) is 1. The zero-order valence-corrected chi connectivity index (χ0v) is 13.1. The Morgan fingerprint density at radius 2 is 2.00 bits per heavy atom. The number of hydrogen-bond acceptors (Lipinski definition) is 4. The van der Waals surface area contributed by atoms with Gasteiger partial charge >= 0.3 is 6.18 Å². The van der Waals surface area contributed by atoms with E-state index in [2.05, 4.69) is 25.4 Å². The summed E-state index contributed by atoms with van der Waals surface area (Å²) in [5.74, 6) is 0. The normalized spacial score (nSPS) is 12.6. The molecule has 0 unspecified atom stereocenters. The standard InChI is InChI=1S/C11H13BrF3NO4S/c12-9-2-1-8(6-17)5-10(9)21(18,19)16-3-4-20-7-11(13,14)15/h1-2,5,16-17H,3-4,6-7H2. The fourth-order valence-electron chi connectivity index (χ4n) is 1.37. The van der Waals surface area contributed by atoms with Gasteiger partial charge in [0.2, 0.25) is 10.0 Å². The Labute approximate surface area is 128 Å².